The summed E-state index contributed by atoms with van der Waals surface area (Å²) in [4.78, 5) is 37.9. The van der Waals surface area contributed by atoms with Crippen LogP contribution in [-0.4, -0.2) is 60.6 Å². The third-order valence-electron chi connectivity index (χ3n) is 5.05. The number of carbonyl (C=O) groups is 3. The van der Waals surface area contributed by atoms with Gasteiger partial charge in [-0.05, 0) is 62.6 Å². The lowest BCUT2D eigenvalue weighted by atomic mass is 10.1. The first kappa shape index (κ1) is 26.0. The third kappa shape index (κ3) is 7.12. The molecule has 0 saturated carbocycles. The van der Waals surface area contributed by atoms with Gasteiger partial charge in [-0.1, -0.05) is 11.6 Å². The van der Waals surface area contributed by atoms with Gasteiger partial charge < -0.3 is 19.4 Å². The average Bonchev–Trinajstić information content (AvgIpc) is 3.06. The molecule has 0 unspecified atom stereocenters. The smallest absolute Gasteiger partial charge is 0.329 e. The average molecular weight is 481 g/mol. The van der Waals surface area contributed by atoms with Gasteiger partial charge in [0.15, 0.2) is 6.61 Å². The summed E-state index contributed by atoms with van der Waals surface area (Å²) < 4.78 is 12.4. The second-order valence-corrected chi connectivity index (χ2v) is 8.70. The number of hydrogen-bond acceptors (Lipinski definition) is 6. The lowest BCUT2D eigenvalue weighted by molar-refractivity contribution is -0.144. The Bertz CT molecular complexity index is 943. The lowest BCUT2D eigenvalue weighted by Crippen LogP contribution is -2.42. The Hall–Kier alpha value is -2.29. The van der Waals surface area contributed by atoms with Crippen molar-refractivity contribution in [2.45, 2.75) is 32.9 Å². The number of nitrogens with zero attached hydrogens (tertiary/aromatic N) is 1. The number of aromatic nitrogens is 1. The van der Waals surface area contributed by atoms with Gasteiger partial charge >= 0.3 is 5.97 Å². The largest absolute Gasteiger partial charge is 0.456 e. The van der Waals surface area contributed by atoms with E-state index in [1.165, 1.54) is 0 Å². The van der Waals surface area contributed by atoms with E-state index in [0.717, 1.165) is 11.4 Å². The number of benzene rings is 1. The Labute approximate surface area is 197 Å². The molecular weight excluding hydrogens is 452 g/mol. The van der Waals surface area contributed by atoms with Crippen LogP contribution in [0.25, 0.3) is 0 Å². The van der Waals surface area contributed by atoms with E-state index in [2.05, 4.69) is 5.32 Å². The van der Waals surface area contributed by atoms with Crippen molar-refractivity contribution in [3.05, 3.63) is 57.9 Å². The van der Waals surface area contributed by atoms with E-state index in [4.69, 9.17) is 21.1 Å². The number of rotatable bonds is 12. The van der Waals surface area contributed by atoms with Gasteiger partial charge in [0.1, 0.15) is 6.04 Å². The highest BCUT2D eigenvalue weighted by molar-refractivity contribution is 7.98. The van der Waals surface area contributed by atoms with Crippen LogP contribution >= 0.6 is 23.4 Å². The van der Waals surface area contributed by atoms with Crippen LogP contribution in [0.15, 0.2) is 30.3 Å². The van der Waals surface area contributed by atoms with Crippen LogP contribution in [0.2, 0.25) is 5.02 Å². The molecule has 1 heterocycles. The maximum Gasteiger partial charge on any atom is 0.329 e. The number of hydrogen-bond donors (Lipinski definition) is 1. The summed E-state index contributed by atoms with van der Waals surface area (Å²) in [5.74, 6) is -0.682. The Kier molecular flexibility index (Phi) is 10.3. The first-order chi connectivity index (χ1) is 15.3. The summed E-state index contributed by atoms with van der Waals surface area (Å²) in [5, 5.41) is 3.21. The van der Waals surface area contributed by atoms with Gasteiger partial charge in [0, 0.05) is 41.2 Å². The first-order valence-electron chi connectivity index (χ1n) is 10.2. The van der Waals surface area contributed by atoms with Crippen molar-refractivity contribution >= 4 is 41.0 Å². The van der Waals surface area contributed by atoms with Crippen molar-refractivity contribution in [2.24, 2.45) is 0 Å². The topological polar surface area (TPSA) is 86.6 Å². The number of ketones is 1. The lowest BCUT2D eigenvalue weighted by Gasteiger charge is -2.17. The maximum atomic E-state index is 12.7. The van der Waals surface area contributed by atoms with Gasteiger partial charge in [-0.15, -0.1) is 0 Å². The Morgan fingerprint density at radius 3 is 2.50 bits per heavy atom. The highest BCUT2D eigenvalue weighted by Crippen LogP contribution is 2.16. The minimum atomic E-state index is -0.854. The molecule has 7 nitrogen and oxygen atoms in total. The molecule has 1 aromatic carbocycles. The molecule has 0 spiro atoms. The number of Topliss-reactive ketones (excluding diaryl/α,β-unsaturated/α-hetero) is 1. The molecule has 0 aliphatic carbocycles. The van der Waals surface area contributed by atoms with Gasteiger partial charge in [-0.2, -0.15) is 11.8 Å². The standard InChI is InChI=1S/C23H29ClN2O5S/c1-15-13-19(16(2)26(15)10-11-30-3)21(27)14-31-23(29)20(9-12-32-4)25-22(28)17-5-7-18(24)8-6-17/h5-8,13,20H,9-12,14H2,1-4H3,(H,25,28)/t20-/m1/s1. The van der Waals surface area contributed by atoms with E-state index in [1.807, 2.05) is 24.7 Å². The first-order valence-corrected chi connectivity index (χ1v) is 12.0. The summed E-state index contributed by atoms with van der Waals surface area (Å²) in [5.41, 5.74) is 2.63. The number of methoxy groups -OCH3 is 1. The number of halogens is 1. The quantitative estimate of drug-likeness (QED) is 0.368. The van der Waals surface area contributed by atoms with Gasteiger partial charge in [0.05, 0.1) is 6.61 Å². The molecule has 2 rings (SSSR count). The zero-order valence-electron chi connectivity index (χ0n) is 18.8. The number of thioether (sulfide) groups is 1. The molecular formula is C23H29ClN2O5S. The zero-order chi connectivity index (χ0) is 23.7. The Balaban J connectivity index is 2.02. The summed E-state index contributed by atoms with van der Waals surface area (Å²) in [6, 6.07) is 7.30. The van der Waals surface area contributed by atoms with E-state index >= 15 is 0 Å². The van der Waals surface area contributed by atoms with Crippen molar-refractivity contribution in [3.63, 3.8) is 0 Å². The van der Waals surface area contributed by atoms with Crippen molar-refractivity contribution in [3.8, 4) is 0 Å². The third-order valence-corrected chi connectivity index (χ3v) is 5.94. The van der Waals surface area contributed by atoms with Crippen molar-refractivity contribution in [1.82, 2.24) is 9.88 Å². The molecule has 1 amide bonds. The SMILES string of the molecule is COCCn1c(C)cc(C(=O)COC(=O)[C@@H](CCSC)NC(=O)c2ccc(Cl)cc2)c1C. The molecule has 174 valence electrons. The van der Waals surface area contributed by atoms with Crippen LogP contribution in [0, 0.1) is 13.8 Å². The highest BCUT2D eigenvalue weighted by Gasteiger charge is 2.24. The van der Waals surface area contributed by atoms with E-state index in [9.17, 15) is 14.4 Å². The summed E-state index contributed by atoms with van der Waals surface area (Å²) >= 11 is 7.41. The number of esters is 1. The molecule has 0 saturated heterocycles. The number of ether oxygens (including phenoxy) is 2. The summed E-state index contributed by atoms with van der Waals surface area (Å²) in [7, 11) is 1.62. The van der Waals surface area contributed by atoms with Crippen molar-refractivity contribution in [2.75, 3.05) is 32.3 Å². The molecule has 2 aromatic rings. The van der Waals surface area contributed by atoms with E-state index < -0.39 is 17.9 Å². The minimum absolute atomic E-state index is 0.289. The van der Waals surface area contributed by atoms with Crippen LogP contribution in [-0.2, 0) is 20.8 Å². The maximum absolute atomic E-state index is 12.7. The minimum Gasteiger partial charge on any atom is -0.456 e. The molecule has 9 heteroatoms. The van der Waals surface area contributed by atoms with Crippen LogP contribution < -0.4 is 5.32 Å². The van der Waals surface area contributed by atoms with Gasteiger partial charge in [0.2, 0.25) is 5.78 Å². The summed E-state index contributed by atoms with van der Waals surface area (Å²) in [6.07, 6.45) is 2.30. The molecule has 0 aliphatic rings. The van der Waals surface area contributed by atoms with E-state index in [-0.39, 0.29) is 12.4 Å². The fourth-order valence-corrected chi connectivity index (χ4v) is 3.85. The zero-order valence-corrected chi connectivity index (χ0v) is 20.3. The number of carbonyl (C=O) groups excluding carboxylic acids is 3. The molecule has 1 atom stereocenters. The fourth-order valence-electron chi connectivity index (χ4n) is 3.25. The molecule has 0 aliphatic heterocycles. The van der Waals surface area contributed by atoms with Crippen molar-refractivity contribution < 1.29 is 23.9 Å². The molecule has 0 fully saturated rings. The van der Waals surface area contributed by atoms with Crippen LogP contribution in [0.4, 0.5) is 0 Å². The van der Waals surface area contributed by atoms with Crippen LogP contribution in [0.3, 0.4) is 0 Å². The van der Waals surface area contributed by atoms with Crippen LogP contribution in [0.5, 0.6) is 0 Å². The molecule has 1 aromatic heterocycles. The molecule has 32 heavy (non-hydrogen) atoms. The van der Waals surface area contributed by atoms with Crippen LogP contribution in [0.1, 0.15) is 38.5 Å². The van der Waals surface area contributed by atoms with Gasteiger partial charge in [-0.25, -0.2) is 4.79 Å². The number of amides is 1. The number of nitrogens with one attached hydrogen (secondary N) is 1. The van der Waals surface area contributed by atoms with E-state index in [1.54, 1.807) is 49.2 Å². The van der Waals surface area contributed by atoms with Crippen molar-refractivity contribution in [1.29, 1.82) is 0 Å². The summed E-state index contributed by atoms with van der Waals surface area (Å²) in [6.45, 7) is 4.54. The molecule has 0 radical (unpaired) electrons. The normalized spacial score (nSPS) is 11.8. The predicted molar refractivity (Wildman–Crippen MR) is 127 cm³/mol. The Morgan fingerprint density at radius 2 is 1.88 bits per heavy atom. The molecule has 1 N–H and O–H groups in total. The molecule has 0 bridgehead atoms. The highest BCUT2D eigenvalue weighted by atomic mass is 35.5. The predicted octanol–water partition coefficient (Wildman–Crippen LogP) is 3.68. The van der Waals surface area contributed by atoms with Gasteiger partial charge in [-0.3, -0.25) is 9.59 Å². The second-order valence-electron chi connectivity index (χ2n) is 7.27. The van der Waals surface area contributed by atoms with Gasteiger partial charge in [0.25, 0.3) is 5.91 Å². The second kappa shape index (κ2) is 12.7. The fraction of sp³-hybridized carbons (Fsp3) is 0.435. The van der Waals surface area contributed by atoms with E-state index in [0.29, 0.717) is 41.5 Å². The Morgan fingerprint density at radius 1 is 1.19 bits per heavy atom. The number of aryl methyl sites for hydroxylation is 1. The monoisotopic (exact) mass is 480 g/mol.